The minimum Gasteiger partial charge on any atom is -0.322 e. The van der Waals surface area contributed by atoms with E-state index in [2.05, 4.69) is 28.4 Å². The lowest BCUT2D eigenvalue weighted by Crippen LogP contribution is -2.32. The molecule has 24 heavy (non-hydrogen) atoms. The summed E-state index contributed by atoms with van der Waals surface area (Å²) in [5.74, 6) is -0.159. The highest BCUT2D eigenvalue weighted by Crippen LogP contribution is 2.35. The van der Waals surface area contributed by atoms with Gasteiger partial charge in [0.25, 0.3) is 0 Å². The fourth-order valence-electron chi connectivity index (χ4n) is 3.17. The summed E-state index contributed by atoms with van der Waals surface area (Å²) >= 11 is 18.1. The lowest BCUT2D eigenvalue weighted by atomic mass is 10.1. The monoisotopic (exact) mass is 382 g/mol. The number of rotatable bonds is 4. The van der Waals surface area contributed by atoms with Gasteiger partial charge in [0.2, 0.25) is 5.91 Å². The summed E-state index contributed by atoms with van der Waals surface area (Å²) < 4.78 is 0. The van der Waals surface area contributed by atoms with Gasteiger partial charge in [-0.05, 0) is 43.1 Å². The molecule has 0 aliphatic heterocycles. The van der Waals surface area contributed by atoms with E-state index in [9.17, 15) is 4.79 Å². The van der Waals surface area contributed by atoms with Crippen molar-refractivity contribution in [1.29, 1.82) is 0 Å². The summed E-state index contributed by atoms with van der Waals surface area (Å²) in [6.07, 6.45) is 2.06. The molecule has 0 spiro atoms. The Bertz CT molecular complexity index is 756. The summed E-state index contributed by atoms with van der Waals surface area (Å²) in [4.78, 5) is 14.4. The van der Waals surface area contributed by atoms with Crippen LogP contribution in [0.25, 0.3) is 0 Å². The number of nitrogens with zero attached hydrogens (tertiary/aromatic N) is 1. The van der Waals surface area contributed by atoms with Crippen LogP contribution in [0.5, 0.6) is 0 Å². The molecule has 2 aromatic rings. The maximum Gasteiger partial charge on any atom is 0.238 e. The first-order valence-electron chi connectivity index (χ1n) is 7.68. The predicted molar refractivity (Wildman–Crippen MR) is 100 cm³/mol. The van der Waals surface area contributed by atoms with Crippen LogP contribution in [0.3, 0.4) is 0 Å². The van der Waals surface area contributed by atoms with Crippen molar-refractivity contribution < 1.29 is 4.79 Å². The van der Waals surface area contributed by atoms with E-state index in [-0.39, 0.29) is 18.5 Å². The molecule has 0 fully saturated rings. The number of hydrogen-bond acceptors (Lipinski definition) is 2. The topological polar surface area (TPSA) is 32.3 Å². The molecule has 0 bridgehead atoms. The summed E-state index contributed by atoms with van der Waals surface area (Å²) in [5.41, 5.74) is 3.06. The van der Waals surface area contributed by atoms with E-state index in [0.29, 0.717) is 20.8 Å². The number of carbonyl (C=O) groups excluding carboxylic acids is 1. The number of anilines is 1. The van der Waals surface area contributed by atoms with Gasteiger partial charge in [-0.25, -0.2) is 0 Å². The molecule has 1 N–H and O–H groups in total. The highest BCUT2D eigenvalue weighted by atomic mass is 35.5. The number of fused-ring (bicyclic) bond motifs is 1. The highest BCUT2D eigenvalue weighted by molar-refractivity contribution is 6.42. The van der Waals surface area contributed by atoms with Gasteiger partial charge in [-0.3, -0.25) is 9.69 Å². The minimum atomic E-state index is -0.159. The molecule has 1 unspecified atom stereocenters. The lowest BCUT2D eigenvalue weighted by molar-refractivity contribution is -0.117. The van der Waals surface area contributed by atoms with Crippen LogP contribution >= 0.6 is 34.8 Å². The summed E-state index contributed by atoms with van der Waals surface area (Å²) in [6, 6.07) is 11.7. The Balaban J connectivity index is 1.68. The second kappa shape index (κ2) is 7.32. The fourth-order valence-corrected chi connectivity index (χ4v) is 4.08. The van der Waals surface area contributed by atoms with Crippen molar-refractivity contribution in [2.45, 2.75) is 18.9 Å². The Kier molecular flexibility index (Phi) is 5.36. The van der Waals surface area contributed by atoms with E-state index in [0.717, 1.165) is 12.8 Å². The van der Waals surface area contributed by atoms with E-state index in [1.165, 1.54) is 11.1 Å². The van der Waals surface area contributed by atoms with Crippen molar-refractivity contribution in [3.63, 3.8) is 0 Å². The Morgan fingerprint density at radius 1 is 1.21 bits per heavy atom. The van der Waals surface area contributed by atoms with Crippen molar-refractivity contribution in [2.24, 2.45) is 0 Å². The van der Waals surface area contributed by atoms with E-state index in [4.69, 9.17) is 34.8 Å². The van der Waals surface area contributed by atoms with Gasteiger partial charge in [0.15, 0.2) is 0 Å². The van der Waals surface area contributed by atoms with Crippen molar-refractivity contribution in [3.8, 4) is 0 Å². The molecule has 126 valence electrons. The van der Waals surface area contributed by atoms with Crippen LogP contribution in [-0.4, -0.2) is 24.4 Å². The van der Waals surface area contributed by atoms with Crippen molar-refractivity contribution >= 4 is 46.4 Å². The van der Waals surface area contributed by atoms with Crippen LogP contribution < -0.4 is 5.32 Å². The quantitative estimate of drug-likeness (QED) is 0.786. The van der Waals surface area contributed by atoms with Gasteiger partial charge in [0, 0.05) is 11.1 Å². The van der Waals surface area contributed by atoms with Gasteiger partial charge < -0.3 is 5.32 Å². The molecule has 3 nitrogen and oxygen atoms in total. The molecular formula is C18H17Cl3N2O. The number of aryl methyl sites for hydroxylation is 1. The van der Waals surface area contributed by atoms with Gasteiger partial charge in [-0.1, -0.05) is 59.1 Å². The van der Waals surface area contributed by atoms with E-state index < -0.39 is 0 Å². The number of likely N-dealkylation sites (N-methyl/N-ethyl adjacent to an activating group) is 1. The van der Waals surface area contributed by atoms with Crippen LogP contribution in [0.15, 0.2) is 36.4 Å². The first-order valence-corrected chi connectivity index (χ1v) is 8.81. The molecule has 1 aliphatic rings. The van der Waals surface area contributed by atoms with E-state index in [1.54, 1.807) is 12.1 Å². The summed E-state index contributed by atoms with van der Waals surface area (Å²) in [6.45, 7) is 0.258. The SMILES string of the molecule is CN(CC(=O)Nc1c(Cl)cc(Cl)cc1Cl)C1CCc2ccccc21. The van der Waals surface area contributed by atoms with Crippen LogP contribution in [-0.2, 0) is 11.2 Å². The Labute approximate surface area is 156 Å². The molecule has 6 heteroatoms. The van der Waals surface area contributed by atoms with Crippen LogP contribution in [0, 0.1) is 0 Å². The fraction of sp³-hybridized carbons (Fsp3) is 0.278. The zero-order chi connectivity index (χ0) is 17.3. The van der Waals surface area contributed by atoms with Gasteiger partial charge >= 0.3 is 0 Å². The van der Waals surface area contributed by atoms with Crippen molar-refractivity contribution in [3.05, 3.63) is 62.6 Å². The van der Waals surface area contributed by atoms with Gasteiger partial charge in [-0.2, -0.15) is 0 Å². The number of nitrogens with one attached hydrogen (secondary N) is 1. The van der Waals surface area contributed by atoms with Crippen LogP contribution in [0.4, 0.5) is 5.69 Å². The number of benzene rings is 2. The molecule has 2 aromatic carbocycles. The van der Waals surface area contributed by atoms with E-state index in [1.807, 2.05) is 13.1 Å². The normalized spacial score (nSPS) is 16.3. The molecule has 0 heterocycles. The zero-order valence-electron chi connectivity index (χ0n) is 13.2. The standard InChI is InChI=1S/C18H17Cl3N2O/c1-23(16-7-6-11-4-2-3-5-13(11)16)10-17(24)22-18-14(20)8-12(19)9-15(18)21/h2-5,8-9,16H,6-7,10H2,1H3,(H,22,24). The smallest absolute Gasteiger partial charge is 0.238 e. The number of halogens is 3. The molecule has 1 aliphatic carbocycles. The van der Waals surface area contributed by atoms with Crippen molar-refractivity contribution in [1.82, 2.24) is 4.90 Å². The Morgan fingerprint density at radius 3 is 2.58 bits per heavy atom. The maximum absolute atomic E-state index is 12.4. The molecule has 0 saturated carbocycles. The Hall–Kier alpha value is -1.26. The molecule has 3 rings (SSSR count). The van der Waals surface area contributed by atoms with E-state index >= 15 is 0 Å². The van der Waals surface area contributed by atoms with Gasteiger partial charge in [0.1, 0.15) is 0 Å². The molecule has 0 saturated heterocycles. The summed E-state index contributed by atoms with van der Waals surface area (Å²) in [5, 5.41) is 3.87. The predicted octanol–water partition coefficient (Wildman–Crippen LogP) is 5.20. The molecular weight excluding hydrogens is 367 g/mol. The summed E-state index contributed by atoms with van der Waals surface area (Å²) in [7, 11) is 1.96. The minimum absolute atomic E-state index is 0.159. The highest BCUT2D eigenvalue weighted by Gasteiger charge is 2.26. The third kappa shape index (κ3) is 3.70. The van der Waals surface area contributed by atoms with Crippen LogP contribution in [0.2, 0.25) is 15.1 Å². The number of amides is 1. The van der Waals surface area contributed by atoms with Gasteiger partial charge in [-0.15, -0.1) is 0 Å². The third-order valence-electron chi connectivity index (χ3n) is 4.30. The third-order valence-corrected chi connectivity index (χ3v) is 5.11. The van der Waals surface area contributed by atoms with Crippen molar-refractivity contribution in [2.75, 3.05) is 18.9 Å². The largest absolute Gasteiger partial charge is 0.322 e. The molecule has 1 amide bonds. The first kappa shape index (κ1) is 17.6. The maximum atomic E-state index is 12.4. The second-order valence-corrected chi connectivity index (χ2v) is 7.21. The average molecular weight is 384 g/mol. The number of hydrogen-bond donors (Lipinski definition) is 1. The molecule has 0 aromatic heterocycles. The molecule has 1 atom stereocenters. The zero-order valence-corrected chi connectivity index (χ0v) is 15.4. The second-order valence-electron chi connectivity index (χ2n) is 5.96. The number of carbonyl (C=O) groups is 1. The Morgan fingerprint density at radius 2 is 1.88 bits per heavy atom. The lowest BCUT2D eigenvalue weighted by Gasteiger charge is -2.24. The average Bonchev–Trinajstić information content (AvgIpc) is 2.95. The molecule has 0 radical (unpaired) electrons. The van der Waals surface area contributed by atoms with Crippen LogP contribution in [0.1, 0.15) is 23.6 Å². The van der Waals surface area contributed by atoms with Gasteiger partial charge in [0.05, 0.1) is 22.3 Å². The first-order chi connectivity index (χ1) is 11.5.